The molecule has 0 aliphatic heterocycles. The monoisotopic (exact) mass is 267 g/mol. The summed E-state index contributed by atoms with van der Waals surface area (Å²) < 4.78 is 11.9. The summed E-state index contributed by atoms with van der Waals surface area (Å²) in [5.41, 5.74) is 3.56. The minimum atomic E-state index is -1.41. The Bertz CT molecular complexity index is 382. The standard InChI is InChI=1S/C15H25NOS/c1-9(2)12-7-13(10(3)4)15(18(16)17)14(8-12)11(5)6/h7-11H,16H2,1-6H3/t18-/m1/s1. The van der Waals surface area contributed by atoms with Crippen LogP contribution < -0.4 is 5.14 Å². The topological polar surface area (TPSA) is 49.1 Å². The minimum absolute atomic E-state index is 0.337. The lowest BCUT2D eigenvalue weighted by molar-refractivity contribution is 0.591. The van der Waals surface area contributed by atoms with E-state index in [1.54, 1.807) is 0 Å². The molecule has 1 aromatic rings. The summed E-state index contributed by atoms with van der Waals surface area (Å²) >= 11 is -1.41. The number of benzene rings is 1. The Labute approximate surface area is 114 Å². The molecule has 0 bridgehead atoms. The normalized spacial score (nSPS) is 13.7. The summed E-state index contributed by atoms with van der Waals surface area (Å²) in [7, 11) is 0. The maximum atomic E-state index is 11.9. The molecule has 0 radical (unpaired) electrons. The molecule has 1 rings (SSSR count). The van der Waals surface area contributed by atoms with E-state index < -0.39 is 11.4 Å². The van der Waals surface area contributed by atoms with Gasteiger partial charge in [-0.25, -0.2) is 0 Å². The van der Waals surface area contributed by atoms with Crippen LogP contribution in [0.2, 0.25) is 0 Å². The Balaban J connectivity index is 3.55. The highest BCUT2D eigenvalue weighted by Gasteiger charge is 2.24. The third kappa shape index (κ3) is 3.28. The molecule has 0 saturated heterocycles. The van der Waals surface area contributed by atoms with Crippen molar-refractivity contribution in [1.82, 2.24) is 0 Å². The molecule has 2 nitrogen and oxygen atoms in total. The third-order valence-corrected chi connectivity index (χ3v) is 4.15. The summed E-state index contributed by atoms with van der Waals surface area (Å²) in [5, 5.41) is 5.69. The first-order chi connectivity index (χ1) is 8.25. The molecule has 0 spiro atoms. The second kappa shape index (κ2) is 6.09. The number of nitrogens with two attached hydrogens (primary N) is 1. The lowest BCUT2D eigenvalue weighted by atomic mass is 9.89. The van der Waals surface area contributed by atoms with Gasteiger partial charge in [0.1, 0.15) is 0 Å². The molecule has 0 saturated carbocycles. The lowest BCUT2D eigenvalue weighted by Crippen LogP contribution is -2.19. The lowest BCUT2D eigenvalue weighted by Gasteiger charge is -2.21. The van der Waals surface area contributed by atoms with Gasteiger partial charge >= 0.3 is 0 Å². The van der Waals surface area contributed by atoms with Gasteiger partial charge in [-0.15, -0.1) is 5.14 Å². The first kappa shape index (κ1) is 15.5. The van der Waals surface area contributed by atoms with Crippen LogP contribution in [0.25, 0.3) is 0 Å². The molecule has 0 aromatic heterocycles. The van der Waals surface area contributed by atoms with Gasteiger partial charge in [0.05, 0.1) is 11.4 Å². The summed E-state index contributed by atoms with van der Waals surface area (Å²) in [4.78, 5) is 0.837. The van der Waals surface area contributed by atoms with Crippen LogP contribution in [0, 0.1) is 0 Å². The van der Waals surface area contributed by atoms with E-state index in [0.29, 0.717) is 17.8 Å². The van der Waals surface area contributed by atoms with Gasteiger partial charge in [-0.05, 0) is 23.3 Å². The van der Waals surface area contributed by atoms with E-state index in [1.807, 2.05) is 0 Å². The van der Waals surface area contributed by atoms with Gasteiger partial charge in [-0.1, -0.05) is 53.7 Å². The largest absolute Gasteiger partial charge is 0.593 e. The SMILES string of the molecule is CC(C)c1cc(C(C)C)c([S@+](N)[O-])c(C(C)C)c1. The van der Waals surface area contributed by atoms with Gasteiger partial charge in [0, 0.05) is 11.1 Å². The molecule has 1 atom stereocenters. The quantitative estimate of drug-likeness (QED) is 0.837. The summed E-state index contributed by atoms with van der Waals surface area (Å²) in [6.45, 7) is 12.9. The Morgan fingerprint density at radius 1 is 0.889 bits per heavy atom. The molecule has 0 aliphatic rings. The average molecular weight is 267 g/mol. The van der Waals surface area contributed by atoms with Crippen molar-refractivity contribution >= 4 is 11.4 Å². The second-order valence-electron chi connectivity index (χ2n) is 5.79. The zero-order valence-corrected chi connectivity index (χ0v) is 13.1. The zero-order chi connectivity index (χ0) is 14.0. The molecular weight excluding hydrogens is 242 g/mol. The van der Waals surface area contributed by atoms with Gasteiger partial charge < -0.3 is 4.55 Å². The van der Waals surface area contributed by atoms with Crippen LogP contribution in [0.3, 0.4) is 0 Å². The maximum Gasteiger partial charge on any atom is 0.180 e. The second-order valence-corrected chi connectivity index (χ2v) is 6.79. The summed E-state index contributed by atoms with van der Waals surface area (Å²) in [6.07, 6.45) is 0. The van der Waals surface area contributed by atoms with Crippen molar-refractivity contribution in [2.75, 3.05) is 0 Å². The highest BCUT2D eigenvalue weighted by Crippen LogP contribution is 2.34. The molecule has 102 valence electrons. The number of hydrogen-bond donors (Lipinski definition) is 1. The van der Waals surface area contributed by atoms with E-state index in [0.717, 1.165) is 16.0 Å². The van der Waals surface area contributed by atoms with Crippen LogP contribution in [0.5, 0.6) is 0 Å². The Hall–Kier alpha value is -0.510. The van der Waals surface area contributed by atoms with E-state index >= 15 is 0 Å². The van der Waals surface area contributed by atoms with Gasteiger partial charge in [0.25, 0.3) is 0 Å². The number of rotatable bonds is 4. The summed E-state index contributed by atoms with van der Waals surface area (Å²) in [6, 6.07) is 4.34. The van der Waals surface area contributed by atoms with Gasteiger partial charge in [-0.3, -0.25) is 0 Å². The fourth-order valence-corrected chi connectivity index (χ4v) is 3.18. The first-order valence-corrected chi connectivity index (χ1v) is 7.80. The Kier molecular flexibility index (Phi) is 5.26. The van der Waals surface area contributed by atoms with E-state index in [2.05, 4.69) is 53.7 Å². The van der Waals surface area contributed by atoms with E-state index in [-0.39, 0.29) is 0 Å². The Morgan fingerprint density at radius 3 is 1.50 bits per heavy atom. The van der Waals surface area contributed by atoms with Crippen molar-refractivity contribution < 1.29 is 4.55 Å². The molecule has 1 aromatic carbocycles. The van der Waals surface area contributed by atoms with Crippen molar-refractivity contribution in [2.24, 2.45) is 5.14 Å². The molecule has 3 heteroatoms. The fourth-order valence-electron chi connectivity index (χ4n) is 2.12. The highest BCUT2D eigenvalue weighted by molar-refractivity contribution is 7.89. The predicted molar refractivity (Wildman–Crippen MR) is 79.3 cm³/mol. The van der Waals surface area contributed by atoms with E-state index in [4.69, 9.17) is 5.14 Å². The molecule has 0 unspecified atom stereocenters. The maximum absolute atomic E-state index is 11.9. The van der Waals surface area contributed by atoms with Crippen molar-refractivity contribution in [3.05, 3.63) is 28.8 Å². The molecule has 0 aliphatic carbocycles. The first-order valence-electron chi connectivity index (χ1n) is 6.59. The van der Waals surface area contributed by atoms with Crippen LogP contribution in [0.4, 0.5) is 0 Å². The average Bonchev–Trinajstić information content (AvgIpc) is 2.26. The third-order valence-electron chi connectivity index (χ3n) is 3.28. The minimum Gasteiger partial charge on any atom is -0.593 e. The van der Waals surface area contributed by atoms with Gasteiger partial charge in [0.15, 0.2) is 4.90 Å². The van der Waals surface area contributed by atoms with Crippen LogP contribution in [-0.2, 0) is 11.4 Å². The molecule has 0 amide bonds. The van der Waals surface area contributed by atoms with E-state index in [1.165, 1.54) is 5.56 Å². The van der Waals surface area contributed by atoms with Crippen LogP contribution in [0.1, 0.15) is 76.0 Å². The van der Waals surface area contributed by atoms with Crippen molar-refractivity contribution in [3.63, 3.8) is 0 Å². The van der Waals surface area contributed by atoms with Gasteiger partial charge in [0.2, 0.25) is 0 Å². The number of hydrogen-bond acceptors (Lipinski definition) is 2. The van der Waals surface area contributed by atoms with Crippen molar-refractivity contribution in [2.45, 2.75) is 64.2 Å². The molecule has 0 heterocycles. The molecule has 18 heavy (non-hydrogen) atoms. The van der Waals surface area contributed by atoms with Crippen molar-refractivity contribution in [3.8, 4) is 0 Å². The molecule has 2 N–H and O–H groups in total. The van der Waals surface area contributed by atoms with Crippen LogP contribution in [0.15, 0.2) is 17.0 Å². The van der Waals surface area contributed by atoms with Crippen molar-refractivity contribution in [1.29, 1.82) is 0 Å². The van der Waals surface area contributed by atoms with Gasteiger partial charge in [-0.2, -0.15) is 0 Å². The Morgan fingerprint density at radius 2 is 1.28 bits per heavy atom. The summed E-state index contributed by atoms with van der Waals surface area (Å²) in [5.74, 6) is 1.15. The molecular formula is C15H25NOS. The fraction of sp³-hybridized carbons (Fsp3) is 0.600. The van der Waals surface area contributed by atoms with E-state index in [9.17, 15) is 4.55 Å². The zero-order valence-electron chi connectivity index (χ0n) is 12.3. The van der Waals surface area contributed by atoms with Crippen LogP contribution in [-0.4, -0.2) is 4.55 Å². The molecule has 0 fully saturated rings. The predicted octanol–water partition coefficient (Wildman–Crippen LogP) is 4.04. The highest BCUT2D eigenvalue weighted by atomic mass is 32.2. The van der Waals surface area contributed by atoms with Crippen LogP contribution >= 0.6 is 0 Å². The smallest absolute Gasteiger partial charge is 0.180 e.